The van der Waals surface area contributed by atoms with E-state index in [0.29, 0.717) is 17.4 Å². The molecule has 0 radical (unpaired) electrons. The van der Waals surface area contributed by atoms with Crippen LogP contribution in [0.25, 0.3) is 0 Å². The lowest BCUT2D eigenvalue weighted by Crippen LogP contribution is -2.46. The molecule has 2 rings (SSSR count). The molecule has 8 heteroatoms. The molecular formula is C13H14N4O3S. The van der Waals surface area contributed by atoms with Crippen LogP contribution in [0.5, 0.6) is 0 Å². The van der Waals surface area contributed by atoms with Gasteiger partial charge in [-0.3, -0.25) is 24.7 Å². The number of carbonyl (C=O) groups is 3. The van der Waals surface area contributed by atoms with Crippen molar-refractivity contribution in [3.8, 4) is 0 Å². The molecule has 110 valence electrons. The summed E-state index contributed by atoms with van der Waals surface area (Å²) in [5.41, 5.74) is 6.35. The van der Waals surface area contributed by atoms with E-state index in [4.69, 9.17) is 5.73 Å². The Hall–Kier alpha value is -2.35. The topological polar surface area (TPSA) is 105 Å². The smallest absolute Gasteiger partial charge is 0.323 e. The molecule has 1 heterocycles. The van der Waals surface area contributed by atoms with Crippen molar-refractivity contribution in [3.63, 3.8) is 0 Å². The zero-order valence-electron chi connectivity index (χ0n) is 11.3. The first-order valence-electron chi connectivity index (χ1n) is 6.18. The number of hydrogen-bond donors (Lipinski definition) is 2. The Morgan fingerprint density at radius 2 is 1.95 bits per heavy atom. The van der Waals surface area contributed by atoms with Crippen molar-refractivity contribution in [1.29, 1.82) is 0 Å². The second-order valence-corrected chi connectivity index (χ2v) is 5.32. The van der Waals surface area contributed by atoms with E-state index < -0.39 is 17.7 Å². The largest absolute Gasteiger partial charge is 0.399 e. The molecule has 1 aromatic rings. The summed E-state index contributed by atoms with van der Waals surface area (Å²) in [4.78, 5) is 40.6. The Balaban J connectivity index is 2.17. The van der Waals surface area contributed by atoms with Gasteiger partial charge >= 0.3 is 11.8 Å². The summed E-state index contributed by atoms with van der Waals surface area (Å²) in [6.07, 6.45) is 0. The number of hydrogen-bond acceptors (Lipinski definition) is 6. The van der Waals surface area contributed by atoms with Gasteiger partial charge in [-0.15, -0.1) is 0 Å². The van der Waals surface area contributed by atoms with Crippen molar-refractivity contribution in [2.24, 2.45) is 4.99 Å². The molecule has 1 aromatic carbocycles. The quantitative estimate of drug-likeness (QED) is 0.576. The van der Waals surface area contributed by atoms with Crippen LogP contribution in [-0.4, -0.2) is 35.2 Å². The zero-order valence-corrected chi connectivity index (χ0v) is 12.1. The van der Waals surface area contributed by atoms with Gasteiger partial charge in [-0.1, -0.05) is 11.8 Å². The van der Waals surface area contributed by atoms with Crippen molar-refractivity contribution in [1.82, 2.24) is 5.32 Å². The summed E-state index contributed by atoms with van der Waals surface area (Å²) in [6.45, 7) is 1.81. The highest BCUT2D eigenvalue weighted by atomic mass is 32.2. The summed E-state index contributed by atoms with van der Waals surface area (Å²) in [5, 5.41) is 2.80. The van der Waals surface area contributed by atoms with Crippen LogP contribution in [0.1, 0.15) is 6.92 Å². The third-order valence-electron chi connectivity index (χ3n) is 2.67. The number of anilines is 2. The number of thioether (sulfide) groups is 1. The number of rotatable bonds is 1. The molecule has 3 N–H and O–H groups in total. The Morgan fingerprint density at radius 1 is 1.29 bits per heavy atom. The molecule has 0 saturated carbocycles. The highest BCUT2D eigenvalue weighted by Gasteiger charge is 2.28. The molecule has 0 fully saturated rings. The van der Waals surface area contributed by atoms with Gasteiger partial charge in [0.1, 0.15) is 0 Å². The summed E-state index contributed by atoms with van der Waals surface area (Å²) in [5.74, 6) is -1.64. The molecule has 0 aliphatic carbocycles. The van der Waals surface area contributed by atoms with E-state index >= 15 is 0 Å². The molecule has 21 heavy (non-hydrogen) atoms. The molecule has 0 atom stereocenters. The first-order valence-corrected chi connectivity index (χ1v) is 7.16. The van der Waals surface area contributed by atoms with Gasteiger partial charge < -0.3 is 5.73 Å². The van der Waals surface area contributed by atoms with Crippen molar-refractivity contribution in [2.45, 2.75) is 6.92 Å². The van der Waals surface area contributed by atoms with Crippen LogP contribution in [0, 0.1) is 0 Å². The third-order valence-corrected chi connectivity index (χ3v) is 3.56. The zero-order chi connectivity index (χ0) is 15.4. The Kier molecular flexibility index (Phi) is 4.59. The number of nitrogens with zero attached hydrogens (tertiary/aromatic N) is 2. The molecule has 0 aromatic heterocycles. The van der Waals surface area contributed by atoms with Crippen molar-refractivity contribution in [3.05, 3.63) is 24.3 Å². The highest BCUT2D eigenvalue weighted by Crippen LogP contribution is 2.17. The molecule has 0 bridgehead atoms. The van der Waals surface area contributed by atoms with Crippen LogP contribution < -0.4 is 16.0 Å². The molecule has 3 amide bonds. The fraction of sp³-hybridized carbons (Fsp3) is 0.231. The monoisotopic (exact) mass is 306 g/mol. The number of amidine groups is 1. The highest BCUT2D eigenvalue weighted by molar-refractivity contribution is 8.14. The van der Waals surface area contributed by atoms with Gasteiger partial charge in [0, 0.05) is 18.4 Å². The van der Waals surface area contributed by atoms with Gasteiger partial charge in [0.2, 0.25) is 5.91 Å². The second-order valence-electron chi connectivity index (χ2n) is 4.24. The lowest BCUT2D eigenvalue weighted by atomic mass is 10.2. The van der Waals surface area contributed by atoms with Gasteiger partial charge in [0.05, 0.1) is 12.2 Å². The average molecular weight is 306 g/mol. The van der Waals surface area contributed by atoms with E-state index in [1.54, 1.807) is 12.1 Å². The standard InChI is InChI=1S/C13H14N4O3S/c1-8(18)17(10-4-2-9(14)3-5-10)12(20)11(19)16-13-15-6-7-21-13/h2-5H,6-7,14H2,1H3,(H,15,16,19). The van der Waals surface area contributed by atoms with Gasteiger partial charge in [-0.2, -0.15) is 0 Å². The van der Waals surface area contributed by atoms with Crippen LogP contribution >= 0.6 is 11.8 Å². The first kappa shape index (κ1) is 15.0. The Morgan fingerprint density at radius 3 is 2.48 bits per heavy atom. The van der Waals surface area contributed by atoms with E-state index in [0.717, 1.165) is 10.7 Å². The maximum Gasteiger partial charge on any atom is 0.323 e. The number of benzene rings is 1. The number of imide groups is 1. The molecule has 0 saturated heterocycles. The minimum absolute atomic E-state index is 0.290. The van der Waals surface area contributed by atoms with Crippen molar-refractivity contribution in [2.75, 3.05) is 22.9 Å². The third kappa shape index (κ3) is 3.60. The van der Waals surface area contributed by atoms with E-state index in [1.165, 1.54) is 30.8 Å². The lowest BCUT2D eigenvalue weighted by Gasteiger charge is -2.18. The number of nitrogen functional groups attached to an aromatic ring is 1. The minimum atomic E-state index is -0.956. The molecule has 0 spiro atoms. The van der Waals surface area contributed by atoms with Gasteiger partial charge in [0.25, 0.3) is 0 Å². The fourth-order valence-corrected chi connectivity index (χ4v) is 2.45. The van der Waals surface area contributed by atoms with Gasteiger partial charge in [-0.25, -0.2) is 4.90 Å². The van der Waals surface area contributed by atoms with Crippen LogP contribution in [0.15, 0.2) is 29.3 Å². The number of nitrogens with two attached hydrogens (primary N) is 1. The second kappa shape index (κ2) is 6.40. The van der Waals surface area contributed by atoms with Crippen LogP contribution in [0.2, 0.25) is 0 Å². The molecule has 1 aliphatic rings. The summed E-state index contributed by atoms with van der Waals surface area (Å²) >= 11 is 1.35. The number of amides is 3. The Bertz CT molecular complexity index is 612. The number of carbonyl (C=O) groups excluding carboxylic acids is 3. The van der Waals surface area contributed by atoms with Crippen LogP contribution in [0.3, 0.4) is 0 Å². The number of aliphatic imine (C=N–C) groups is 1. The maximum atomic E-state index is 12.2. The van der Waals surface area contributed by atoms with Crippen LogP contribution in [0.4, 0.5) is 11.4 Å². The van der Waals surface area contributed by atoms with E-state index in [9.17, 15) is 14.4 Å². The molecule has 7 nitrogen and oxygen atoms in total. The molecule has 1 aliphatic heterocycles. The van der Waals surface area contributed by atoms with Gasteiger partial charge in [-0.05, 0) is 24.3 Å². The first-order chi connectivity index (χ1) is 9.99. The fourth-order valence-electron chi connectivity index (χ4n) is 1.73. The predicted octanol–water partition coefficient (Wildman–Crippen LogP) is 0.367. The van der Waals surface area contributed by atoms with Crippen molar-refractivity contribution < 1.29 is 14.4 Å². The SMILES string of the molecule is CC(=O)N(C(=O)C(=O)NC1=NCCS1)c1ccc(N)cc1. The van der Waals surface area contributed by atoms with E-state index in [1.807, 2.05) is 0 Å². The summed E-state index contributed by atoms with van der Waals surface area (Å²) in [6, 6.07) is 6.11. The minimum Gasteiger partial charge on any atom is -0.399 e. The summed E-state index contributed by atoms with van der Waals surface area (Å²) < 4.78 is 0. The summed E-state index contributed by atoms with van der Waals surface area (Å²) in [7, 11) is 0. The Labute approximate surface area is 125 Å². The molecule has 0 unspecified atom stereocenters. The maximum absolute atomic E-state index is 12.2. The number of nitrogens with one attached hydrogen (secondary N) is 1. The van der Waals surface area contributed by atoms with E-state index in [2.05, 4.69) is 10.3 Å². The average Bonchev–Trinajstić information content (AvgIpc) is 2.93. The van der Waals surface area contributed by atoms with E-state index in [-0.39, 0.29) is 5.69 Å². The van der Waals surface area contributed by atoms with Crippen molar-refractivity contribution >= 4 is 46.0 Å². The molecular weight excluding hydrogens is 292 g/mol. The predicted molar refractivity (Wildman–Crippen MR) is 81.9 cm³/mol. The lowest BCUT2D eigenvalue weighted by molar-refractivity contribution is -0.138. The normalized spacial score (nSPS) is 13.5. The van der Waals surface area contributed by atoms with Gasteiger partial charge in [0.15, 0.2) is 5.17 Å². The van der Waals surface area contributed by atoms with Crippen LogP contribution in [-0.2, 0) is 14.4 Å².